The van der Waals surface area contributed by atoms with Crippen molar-refractivity contribution in [3.05, 3.63) is 245 Å². The summed E-state index contributed by atoms with van der Waals surface area (Å²) >= 11 is 4.22. The zero-order valence-corrected chi connectivity index (χ0v) is 64.0. The van der Waals surface area contributed by atoms with Crippen molar-refractivity contribution < 1.29 is 0 Å². The van der Waals surface area contributed by atoms with Gasteiger partial charge in [0.2, 0.25) is 0 Å². The smallest absolute Gasteiger partial charge is 0.0810 e. The van der Waals surface area contributed by atoms with E-state index in [1.165, 1.54) is 349 Å². The van der Waals surface area contributed by atoms with Gasteiger partial charge in [-0.2, -0.15) is 0 Å². The first kappa shape index (κ1) is 74.4. The van der Waals surface area contributed by atoms with Crippen LogP contribution in [0.1, 0.15) is 342 Å². The highest BCUT2D eigenvalue weighted by Crippen LogP contribution is 2.74. The fraction of sp³-hybridized carbons (Fsp3) is 0.562. The van der Waals surface area contributed by atoms with Crippen LogP contribution in [0.2, 0.25) is 0 Å². The standard InChI is InChI=1S/C96H130S2/c1-5-9-13-17-21-25-29-33-37-41-46-77-51-59-82(60-52-77)93(83-61-53-78(54-62-83)47-42-38-34-30-26-22-18-14-10-6-2)70-67-88-81(73-93)74-96-89(68-71-97-96)91-90(98-92(88)96)72-87-76-94(75-86-50-45-69-95(86,87)91,84-63-55-79(56-64-84)48-43-39-35-31-27-23-19-15-11-7-3)85-65-57-80(58-66-85)49-44-40-36-32-28-24-20-16-12-8-4/h45,50-73,76H,5-44,46-49,74-75H2,1-4H3. The van der Waals surface area contributed by atoms with Gasteiger partial charge in [-0.15, -0.1) is 11.8 Å². The highest BCUT2D eigenvalue weighted by atomic mass is 32.2. The second kappa shape index (κ2) is 38.5. The largest absolute Gasteiger partial charge is 0.117 e. The topological polar surface area (TPSA) is 0 Å². The van der Waals surface area contributed by atoms with E-state index in [1.807, 2.05) is 0 Å². The van der Waals surface area contributed by atoms with Crippen molar-refractivity contribution in [2.24, 2.45) is 5.41 Å². The van der Waals surface area contributed by atoms with Crippen LogP contribution in [0.4, 0.5) is 0 Å². The van der Waals surface area contributed by atoms with Crippen molar-refractivity contribution in [3.63, 3.8) is 0 Å². The fourth-order valence-corrected chi connectivity index (χ4v) is 21.1. The van der Waals surface area contributed by atoms with Gasteiger partial charge in [0.25, 0.3) is 0 Å². The number of hydrogen-bond acceptors (Lipinski definition) is 2. The molecular formula is C96H130S2. The lowest BCUT2D eigenvalue weighted by Gasteiger charge is -2.46. The van der Waals surface area contributed by atoms with Crippen molar-refractivity contribution in [2.45, 2.75) is 339 Å². The summed E-state index contributed by atoms with van der Waals surface area (Å²) in [6.07, 6.45) is 85.5. The Bertz CT molecular complexity index is 3260. The molecule has 0 N–H and O–H groups in total. The van der Waals surface area contributed by atoms with Gasteiger partial charge in [0.1, 0.15) is 0 Å². The predicted octanol–water partition coefficient (Wildman–Crippen LogP) is 29.7. The molecule has 2 unspecified atom stereocenters. The van der Waals surface area contributed by atoms with Gasteiger partial charge in [-0.3, -0.25) is 0 Å². The first-order valence-electron chi connectivity index (χ1n) is 41.5. The lowest BCUT2D eigenvalue weighted by Crippen LogP contribution is -2.38. The Labute approximate surface area is 608 Å². The molecule has 2 heterocycles. The minimum atomic E-state index is -0.347. The molecule has 7 aliphatic rings. The van der Waals surface area contributed by atoms with Crippen LogP contribution in [-0.4, -0.2) is 4.75 Å². The molecular weight excluding hydrogens is 1220 g/mol. The first-order valence-corrected chi connectivity index (χ1v) is 43.2. The zero-order valence-electron chi connectivity index (χ0n) is 62.4. The highest BCUT2D eigenvalue weighted by Gasteiger charge is 2.60. The first-order chi connectivity index (χ1) is 48.4. The number of unbranched alkanes of at least 4 members (excludes halogenated alkanes) is 36. The normalized spacial score (nSPS) is 19.7. The highest BCUT2D eigenvalue weighted by molar-refractivity contribution is 8.10. The second-order valence-corrected chi connectivity index (χ2v) is 33.8. The third-order valence-corrected chi connectivity index (χ3v) is 26.9. The molecule has 2 aliphatic heterocycles. The van der Waals surface area contributed by atoms with Crippen molar-refractivity contribution in [2.75, 3.05) is 0 Å². The van der Waals surface area contributed by atoms with Crippen molar-refractivity contribution >= 4 is 23.5 Å². The van der Waals surface area contributed by atoms with Crippen molar-refractivity contribution in [3.8, 4) is 0 Å². The average Bonchev–Trinajstić information content (AvgIpc) is 1.49. The van der Waals surface area contributed by atoms with Crippen LogP contribution in [0.15, 0.2) is 200 Å². The molecule has 4 aromatic rings. The quantitative estimate of drug-likeness (QED) is 0.0404. The van der Waals surface area contributed by atoms with Gasteiger partial charge in [-0.1, -0.05) is 416 Å². The number of fused-ring (bicyclic) bond motifs is 2. The van der Waals surface area contributed by atoms with Crippen molar-refractivity contribution in [1.29, 1.82) is 0 Å². The van der Waals surface area contributed by atoms with E-state index in [9.17, 15) is 0 Å². The van der Waals surface area contributed by atoms with E-state index in [0.29, 0.717) is 0 Å². The van der Waals surface area contributed by atoms with Gasteiger partial charge >= 0.3 is 0 Å². The van der Waals surface area contributed by atoms with E-state index in [1.54, 1.807) is 21.6 Å². The van der Waals surface area contributed by atoms with Gasteiger partial charge in [0, 0.05) is 15.2 Å². The molecule has 0 radical (unpaired) electrons. The summed E-state index contributed by atoms with van der Waals surface area (Å²) in [5.41, 5.74) is 19.9. The number of allylic oxidation sites excluding steroid dienone is 14. The molecule has 0 saturated carbocycles. The molecule has 2 spiro atoms. The molecule has 0 bridgehead atoms. The lowest BCUT2D eigenvalue weighted by molar-refractivity contribution is 0.519. The minimum Gasteiger partial charge on any atom is -0.117 e. The van der Waals surface area contributed by atoms with E-state index in [0.717, 1.165) is 12.8 Å². The number of aryl methyl sites for hydroxylation is 4. The average molecular weight is 1350 g/mol. The third kappa shape index (κ3) is 18.3. The molecule has 98 heavy (non-hydrogen) atoms. The molecule has 526 valence electrons. The van der Waals surface area contributed by atoms with Gasteiger partial charge in [0.15, 0.2) is 0 Å². The summed E-state index contributed by atoms with van der Waals surface area (Å²) in [7, 11) is 0. The number of rotatable bonds is 48. The Morgan fingerprint density at radius 1 is 0.367 bits per heavy atom. The lowest BCUT2D eigenvalue weighted by atomic mass is 9.57. The van der Waals surface area contributed by atoms with E-state index >= 15 is 0 Å². The summed E-state index contributed by atoms with van der Waals surface area (Å²) in [5, 5.41) is 2.48. The zero-order chi connectivity index (χ0) is 67.6. The van der Waals surface area contributed by atoms with Crippen LogP contribution in [0, 0.1) is 5.41 Å². The maximum atomic E-state index is 2.78. The third-order valence-electron chi connectivity index (χ3n) is 24.2. The summed E-state index contributed by atoms with van der Waals surface area (Å²) in [6, 6.07) is 40.1. The monoisotopic (exact) mass is 1350 g/mol. The number of hydrogen-bond donors (Lipinski definition) is 0. The Morgan fingerprint density at radius 2 is 0.735 bits per heavy atom. The molecule has 0 aromatic heterocycles. The van der Waals surface area contributed by atoms with E-state index in [-0.39, 0.29) is 21.0 Å². The molecule has 5 aliphatic carbocycles. The summed E-state index contributed by atoms with van der Waals surface area (Å²) in [4.78, 5) is 3.02. The van der Waals surface area contributed by atoms with Crippen LogP contribution in [-0.2, 0) is 36.5 Å². The van der Waals surface area contributed by atoms with Gasteiger partial charge in [0.05, 0.1) is 15.6 Å². The maximum absolute atomic E-state index is 2.78. The van der Waals surface area contributed by atoms with Gasteiger partial charge in [-0.25, -0.2) is 0 Å². The molecule has 2 heteroatoms. The second-order valence-electron chi connectivity index (χ2n) is 31.6. The van der Waals surface area contributed by atoms with Gasteiger partial charge < -0.3 is 0 Å². The van der Waals surface area contributed by atoms with Crippen LogP contribution in [0.25, 0.3) is 0 Å². The molecule has 0 nitrogen and oxygen atoms in total. The summed E-state index contributed by atoms with van der Waals surface area (Å²) in [5.74, 6) is 0. The Balaban J connectivity index is 0.849. The molecule has 0 fully saturated rings. The predicted molar refractivity (Wildman–Crippen MR) is 433 cm³/mol. The van der Waals surface area contributed by atoms with Crippen LogP contribution >= 0.6 is 23.5 Å². The van der Waals surface area contributed by atoms with Crippen LogP contribution in [0.5, 0.6) is 0 Å². The maximum Gasteiger partial charge on any atom is 0.0810 e. The SMILES string of the molecule is CCCCCCCCCCCCc1ccc(C2(c3ccc(CCCCCCCCCCCC)cc3)C=CC3=C4SC5=CC6=CC(c7ccc(CCCCCCCCCCCC)cc7)(c7ccc(CCCCCCCCCCCC)cc7)CC7=CC=CC67C5=C5C=CSC54CC3=C2)cc1. The molecule has 2 atom stereocenters. The van der Waals surface area contributed by atoms with Crippen LogP contribution in [0.3, 0.4) is 0 Å². The van der Waals surface area contributed by atoms with E-state index < -0.39 is 0 Å². The Morgan fingerprint density at radius 3 is 1.12 bits per heavy atom. The van der Waals surface area contributed by atoms with Crippen molar-refractivity contribution in [1.82, 2.24) is 0 Å². The molecule has 11 rings (SSSR count). The fourth-order valence-electron chi connectivity index (χ4n) is 18.2. The molecule has 0 saturated heterocycles. The number of benzene rings is 4. The number of thioether (sulfide) groups is 2. The summed E-state index contributed by atoms with van der Waals surface area (Å²) < 4.78 is -0.134. The summed E-state index contributed by atoms with van der Waals surface area (Å²) in [6.45, 7) is 9.28. The molecule has 0 amide bonds. The Kier molecular flexibility index (Phi) is 29.2. The van der Waals surface area contributed by atoms with Gasteiger partial charge in [-0.05, 0) is 154 Å². The minimum absolute atomic E-state index is 0.134. The van der Waals surface area contributed by atoms with E-state index in [2.05, 4.69) is 208 Å². The van der Waals surface area contributed by atoms with Crippen LogP contribution < -0.4 is 0 Å². The molecule has 4 aromatic carbocycles. The Hall–Kier alpha value is -4.76. The van der Waals surface area contributed by atoms with E-state index in [4.69, 9.17) is 0 Å².